The third-order valence-electron chi connectivity index (χ3n) is 6.96. The van der Waals surface area contributed by atoms with Gasteiger partial charge in [-0.2, -0.15) is 0 Å². The lowest BCUT2D eigenvalue weighted by atomic mass is 10.0. The van der Waals surface area contributed by atoms with Crippen molar-refractivity contribution in [2.75, 3.05) is 6.54 Å². The average molecular weight is 450 g/mol. The first-order valence-corrected chi connectivity index (χ1v) is 15.4. The van der Waals surface area contributed by atoms with Gasteiger partial charge < -0.3 is 0 Å². The molecule has 0 aromatic carbocycles. The van der Waals surface area contributed by atoms with Gasteiger partial charge in [-0.3, -0.25) is 4.99 Å². The molecule has 0 aromatic heterocycles. The summed E-state index contributed by atoms with van der Waals surface area (Å²) >= 11 is 0. The molecule has 0 aliphatic heterocycles. The van der Waals surface area contributed by atoms with Crippen LogP contribution < -0.4 is 0 Å². The van der Waals surface area contributed by atoms with E-state index in [9.17, 15) is 0 Å². The lowest BCUT2D eigenvalue weighted by Crippen LogP contribution is -1.86. The first kappa shape index (κ1) is 31.7. The van der Waals surface area contributed by atoms with Crippen LogP contribution in [0.4, 0.5) is 0 Å². The first-order valence-electron chi connectivity index (χ1n) is 15.4. The van der Waals surface area contributed by atoms with Crippen LogP contribution in [0.3, 0.4) is 0 Å². The summed E-state index contributed by atoms with van der Waals surface area (Å²) in [7, 11) is 0. The quantitative estimate of drug-likeness (QED) is 0.0831. The van der Waals surface area contributed by atoms with Crippen LogP contribution in [0.25, 0.3) is 0 Å². The van der Waals surface area contributed by atoms with Crippen molar-refractivity contribution in [3.05, 3.63) is 0 Å². The molecule has 0 fully saturated rings. The summed E-state index contributed by atoms with van der Waals surface area (Å²) in [6.07, 6.45) is 40.7. The van der Waals surface area contributed by atoms with Crippen molar-refractivity contribution < 1.29 is 0 Å². The first-order chi connectivity index (χ1) is 15.9. The van der Waals surface area contributed by atoms with E-state index in [0.717, 1.165) is 6.54 Å². The minimum absolute atomic E-state index is 1.07. The van der Waals surface area contributed by atoms with E-state index in [1.54, 1.807) is 0 Å². The molecular weight excluding hydrogens is 386 g/mol. The molecule has 0 heterocycles. The molecule has 192 valence electrons. The number of aliphatic imine (C=N–C) groups is 1. The van der Waals surface area contributed by atoms with Gasteiger partial charge in [-0.05, 0) is 25.5 Å². The van der Waals surface area contributed by atoms with Crippen LogP contribution in [0.1, 0.15) is 187 Å². The predicted octanol–water partition coefficient (Wildman–Crippen LogP) is 11.6. The number of hydrogen-bond donors (Lipinski definition) is 0. The van der Waals surface area contributed by atoms with E-state index < -0.39 is 0 Å². The SMILES string of the molecule is CCCCCCCCCCCCCCC=NCCCCCCCCCCCCCCCC. The Balaban J connectivity index is 3.06. The zero-order valence-corrected chi connectivity index (χ0v) is 22.8. The number of rotatable bonds is 28. The third kappa shape index (κ3) is 29.7. The Morgan fingerprint density at radius 2 is 0.625 bits per heavy atom. The molecule has 0 N–H and O–H groups in total. The van der Waals surface area contributed by atoms with Gasteiger partial charge in [0.25, 0.3) is 0 Å². The van der Waals surface area contributed by atoms with Crippen LogP contribution >= 0.6 is 0 Å². The van der Waals surface area contributed by atoms with Crippen molar-refractivity contribution in [3.63, 3.8) is 0 Å². The fourth-order valence-electron chi connectivity index (χ4n) is 4.66. The second-order valence-corrected chi connectivity index (χ2v) is 10.4. The Kier molecular flexibility index (Phi) is 30.4. The summed E-state index contributed by atoms with van der Waals surface area (Å²) in [6.45, 7) is 5.66. The van der Waals surface area contributed by atoms with Crippen molar-refractivity contribution >= 4 is 6.21 Å². The Bertz CT molecular complexity index is 335. The average Bonchev–Trinajstić information content (AvgIpc) is 2.81. The zero-order chi connectivity index (χ0) is 23.2. The smallest absolute Gasteiger partial charge is 0.0385 e. The molecule has 0 amide bonds. The Morgan fingerprint density at radius 3 is 0.969 bits per heavy atom. The second-order valence-electron chi connectivity index (χ2n) is 10.4. The van der Waals surface area contributed by atoms with E-state index in [2.05, 4.69) is 25.1 Å². The van der Waals surface area contributed by atoms with E-state index in [1.807, 2.05) is 0 Å². The summed E-state index contributed by atoms with van der Waals surface area (Å²) < 4.78 is 0. The third-order valence-corrected chi connectivity index (χ3v) is 6.96. The molecule has 0 rings (SSSR count). The Labute approximate surface area is 205 Å². The van der Waals surface area contributed by atoms with E-state index in [0.29, 0.717) is 0 Å². The van der Waals surface area contributed by atoms with Gasteiger partial charge in [-0.1, -0.05) is 168 Å². The van der Waals surface area contributed by atoms with Crippen LogP contribution in [0.5, 0.6) is 0 Å². The van der Waals surface area contributed by atoms with Gasteiger partial charge >= 0.3 is 0 Å². The summed E-state index contributed by atoms with van der Waals surface area (Å²) in [6, 6.07) is 0. The maximum atomic E-state index is 4.63. The molecule has 0 spiro atoms. The van der Waals surface area contributed by atoms with Crippen LogP contribution in [-0.4, -0.2) is 12.8 Å². The van der Waals surface area contributed by atoms with Crippen molar-refractivity contribution in [1.82, 2.24) is 0 Å². The Morgan fingerprint density at radius 1 is 0.344 bits per heavy atom. The summed E-state index contributed by atoms with van der Waals surface area (Å²) in [5.74, 6) is 0. The molecule has 1 heteroatoms. The van der Waals surface area contributed by atoms with E-state index in [1.165, 1.54) is 173 Å². The van der Waals surface area contributed by atoms with Gasteiger partial charge in [-0.15, -0.1) is 0 Å². The van der Waals surface area contributed by atoms with Gasteiger partial charge in [0.1, 0.15) is 0 Å². The molecular formula is C31H63N. The monoisotopic (exact) mass is 449 g/mol. The topological polar surface area (TPSA) is 12.4 Å². The highest BCUT2D eigenvalue weighted by Crippen LogP contribution is 2.14. The van der Waals surface area contributed by atoms with E-state index in [-0.39, 0.29) is 0 Å². The molecule has 0 radical (unpaired) electrons. The van der Waals surface area contributed by atoms with Gasteiger partial charge in [0, 0.05) is 6.54 Å². The maximum absolute atomic E-state index is 4.63. The van der Waals surface area contributed by atoms with E-state index >= 15 is 0 Å². The van der Waals surface area contributed by atoms with Gasteiger partial charge in [-0.25, -0.2) is 0 Å². The van der Waals surface area contributed by atoms with Crippen LogP contribution in [-0.2, 0) is 0 Å². The predicted molar refractivity (Wildman–Crippen MR) is 149 cm³/mol. The normalized spacial score (nSPS) is 11.7. The Hall–Kier alpha value is -0.330. The molecule has 0 unspecified atom stereocenters. The molecule has 0 aromatic rings. The number of nitrogens with zero attached hydrogens (tertiary/aromatic N) is 1. The van der Waals surface area contributed by atoms with Crippen LogP contribution in [0, 0.1) is 0 Å². The van der Waals surface area contributed by atoms with Crippen molar-refractivity contribution in [2.45, 2.75) is 187 Å². The molecule has 0 bridgehead atoms. The lowest BCUT2D eigenvalue weighted by molar-refractivity contribution is 0.536. The van der Waals surface area contributed by atoms with Crippen molar-refractivity contribution in [1.29, 1.82) is 0 Å². The highest BCUT2D eigenvalue weighted by molar-refractivity contribution is 5.56. The highest BCUT2D eigenvalue weighted by atomic mass is 14.7. The maximum Gasteiger partial charge on any atom is 0.0385 e. The van der Waals surface area contributed by atoms with Gasteiger partial charge in [0.15, 0.2) is 0 Å². The van der Waals surface area contributed by atoms with Crippen molar-refractivity contribution in [2.24, 2.45) is 4.99 Å². The summed E-state index contributed by atoms with van der Waals surface area (Å²) in [4.78, 5) is 4.63. The number of hydrogen-bond acceptors (Lipinski definition) is 1. The summed E-state index contributed by atoms with van der Waals surface area (Å²) in [5, 5.41) is 0. The standard InChI is InChI=1S/C31H63N/c1-3-5-7-9-11-13-15-17-19-21-23-25-27-29-31-32-30-28-26-24-22-20-18-16-14-12-10-8-6-4-2/h30H,3-29,31H2,1-2H3. The van der Waals surface area contributed by atoms with Gasteiger partial charge in [0.2, 0.25) is 0 Å². The van der Waals surface area contributed by atoms with Gasteiger partial charge in [0.05, 0.1) is 0 Å². The minimum Gasteiger partial charge on any atom is -0.298 e. The molecule has 0 aliphatic carbocycles. The molecule has 0 saturated heterocycles. The molecule has 0 atom stereocenters. The second kappa shape index (κ2) is 30.7. The van der Waals surface area contributed by atoms with E-state index in [4.69, 9.17) is 0 Å². The molecule has 32 heavy (non-hydrogen) atoms. The lowest BCUT2D eigenvalue weighted by Gasteiger charge is -2.03. The molecule has 0 aliphatic rings. The minimum atomic E-state index is 1.07. The summed E-state index contributed by atoms with van der Waals surface area (Å²) in [5.41, 5.74) is 0. The molecule has 0 saturated carbocycles. The fraction of sp³-hybridized carbons (Fsp3) is 0.968. The highest BCUT2D eigenvalue weighted by Gasteiger charge is 1.95. The van der Waals surface area contributed by atoms with Crippen molar-refractivity contribution in [3.8, 4) is 0 Å². The van der Waals surface area contributed by atoms with Crippen LogP contribution in [0.2, 0.25) is 0 Å². The van der Waals surface area contributed by atoms with Crippen LogP contribution in [0.15, 0.2) is 4.99 Å². The zero-order valence-electron chi connectivity index (χ0n) is 22.8. The molecule has 1 nitrogen and oxygen atoms in total. The number of unbranched alkanes of at least 4 members (excludes halogenated alkanes) is 25. The fourth-order valence-corrected chi connectivity index (χ4v) is 4.66. The largest absolute Gasteiger partial charge is 0.298 e.